The molecule has 0 unspecified atom stereocenters. The maximum Gasteiger partial charge on any atom is 0.357 e. The number of nitro groups is 1. The lowest BCUT2D eigenvalue weighted by atomic mass is 10.2. The Hall–Kier alpha value is -2.57. The molecule has 1 aromatic heterocycles. The van der Waals surface area contributed by atoms with Gasteiger partial charge in [0.15, 0.2) is 5.69 Å². The van der Waals surface area contributed by atoms with Crippen molar-refractivity contribution in [3.63, 3.8) is 0 Å². The van der Waals surface area contributed by atoms with E-state index in [2.05, 4.69) is 20.7 Å². The lowest BCUT2D eigenvalue weighted by Gasteiger charge is -2.10. The molecule has 8 nitrogen and oxygen atoms in total. The number of nitro benzene ring substituents is 1. The Morgan fingerprint density at radius 1 is 1.57 bits per heavy atom. The molecule has 0 saturated carbocycles. The molecule has 0 fully saturated rings. The summed E-state index contributed by atoms with van der Waals surface area (Å²) in [6.07, 6.45) is 1.26. The van der Waals surface area contributed by atoms with E-state index in [1.807, 2.05) is 6.07 Å². The van der Waals surface area contributed by atoms with Crippen LogP contribution in [0.5, 0.6) is 0 Å². The highest BCUT2D eigenvalue weighted by molar-refractivity contribution is 9.10. The van der Waals surface area contributed by atoms with Gasteiger partial charge < -0.3 is 15.0 Å². The van der Waals surface area contributed by atoms with E-state index in [9.17, 15) is 14.9 Å². The molecule has 1 heterocycles. The van der Waals surface area contributed by atoms with E-state index < -0.39 is 10.9 Å². The summed E-state index contributed by atoms with van der Waals surface area (Å²) >= 11 is 9.16. The zero-order valence-electron chi connectivity index (χ0n) is 11.5. The van der Waals surface area contributed by atoms with Crippen LogP contribution in [0.4, 0.5) is 11.4 Å². The van der Waals surface area contributed by atoms with Crippen LogP contribution < -0.4 is 5.73 Å². The number of nitrogens with two attached hydrogens (primary N) is 1. The van der Waals surface area contributed by atoms with E-state index >= 15 is 0 Å². The largest absolute Gasteiger partial charge is 0.464 e. The molecule has 0 aliphatic carbocycles. The van der Waals surface area contributed by atoms with Gasteiger partial charge in [0.25, 0.3) is 5.69 Å². The first-order chi connectivity index (χ1) is 10.8. The zero-order valence-corrected chi connectivity index (χ0v) is 13.9. The number of rotatable bonds is 3. The lowest BCUT2D eigenvalue weighted by molar-refractivity contribution is -0.385. The molecule has 0 aliphatic rings. The minimum atomic E-state index is -0.800. The van der Waals surface area contributed by atoms with Crippen molar-refractivity contribution in [3.05, 3.63) is 49.2 Å². The van der Waals surface area contributed by atoms with Crippen LogP contribution in [0.2, 0.25) is 5.02 Å². The SMILES string of the molecule is COC(=O)c1c(N)c(C#N)cn1-c1cc([N+](=O)[O-])c(Br)cc1Cl. The van der Waals surface area contributed by atoms with Gasteiger partial charge in [-0.1, -0.05) is 11.6 Å². The number of carbonyl (C=O) groups is 1. The Kier molecular flexibility index (Phi) is 4.58. The summed E-state index contributed by atoms with van der Waals surface area (Å²) in [6, 6.07) is 4.32. The summed E-state index contributed by atoms with van der Waals surface area (Å²) < 4.78 is 6.02. The molecule has 0 saturated heterocycles. The molecule has 0 aliphatic heterocycles. The number of carbonyl (C=O) groups excluding carboxylic acids is 1. The number of ether oxygens (including phenoxy) is 1. The van der Waals surface area contributed by atoms with E-state index in [0.29, 0.717) is 0 Å². The van der Waals surface area contributed by atoms with Gasteiger partial charge >= 0.3 is 5.97 Å². The molecule has 23 heavy (non-hydrogen) atoms. The maximum atomic E-state index is 11.9. The van der Waals surface area contributed by atoms with E-state index in [-0.39, 0.29) is 37.8 Å². The molecule has 1 aromatic carbocycles. The monoisotopic (exact) mass is 398 g/mol. The van der Waals surface area contributed by atoms with Crippen molar-refractivity contribution in [2.24, 2.45) is 0 Å². The van der Waals surface area contributed by atoms with Gasteiger partial charge in [-0.25, -0.2) is 4.79 Å². The molecule has 0 radical (unpaired) electrons. The fourth-order valence-corrected chi connectivity index (χ4v) is 2.83. The van der Waals surface area contributed by atoms with Crippen molar-refractivity contribution in [1.82, 2.24) is 4.57 Å². The molecule has 0 atom stereocenters. The number of nitriles is 1. The predicted octanol–water partition coefficient (Wildman–Crippen LogP) is 3.04. The van der Waals surface area contributed by atoms with Crippen molar-refractivity contribution in [2.75, 3.05) is 12.8 Å². The van der Waals surface area contributed by atoms with Crippen molar-refractivity contribution in [1.29, 1.82) is 5.26 Å². The van der Waals surface area contributed by atoms with Gasteiger partial charge in [0, 0.05) is 12.3 Å². The van der Waals surface area contributed by atoms with Crippen molar-refractivity contribution < 1.29 is 14.5 Å². The molecule has 10 heteroatoms. The summed E-state index contributed by atoms with van der Waals surface area (Å²) in [5.41, 5.74) is 5.43. The molecule has 0 bridgehead atoms. The first-order valence-corrected chi connectivity index (χ1v) is 7.12. The third kappa shape index (κ3) is 2.86. The first kappa shape index (κ1) is 16.8. The third-order valence-corrected chi connectivity index (χ3v) is 3.95. The van der Waals surface area contributed by atoms with Gasteiger partial charge in [-0.2, -0.15) is 5.26 Å². The topological polar surface area (TPSA) is 124 Å². The standard InChI is InChI=1S/C13H8BrClN4O4/c1-23-13(20)12-11(17)6(4-16)5-18(12)10-3-9(19(21)22)7(14)2-8(10)15/h2-3,5H,17H2,1H3. The molecule has 2 aromatic rings. The van der Waals surface area contributed by atoms with E-state index in [0.717, 1.165) is 7.11 Å². The number of aromatic nitrogens is 1. The Morgan fingerprint density at radius 2 is 2.22 bits per heavy atom. The fourth-order valence-electron chi connectivity index (χ4n) is 1.96. The summed E-state index contributed by atoms with van der Waals surface area (Å²) in [5.74, 6) is -0.800. The van der Waals surface area contributed by atoms with Gasteiger partial charge in [0.2, 0.25) is 0 Å². The molecular formula is C13H8BrClN4O4. The van der Waals surface area contributed by atoms with Crippen LogP contribution in [0.3, 0.4) is 0 Å². The third-order valence-electron chi connectivity index (χ3n) is 3.02. The zero-order chi connectivity index (χ0) is 17.3. The lowest BCUT2D eigenvalue weighted by Crippen LogP contribution is -2.11. The molecule has 118 valence electrons. The summed E-state index contributed by atoms with van der Waals surface area (Å²) in [6.45, 7) is 0. The van der Waals surface area contributed by atoms with Crippen LogP contribution in [-0.4, -0.2) is 22.6 Å². The molecule has 0 spiro atoms. The van der Waals surface area contributed by atoms with Crippen molar-refractivity contribution in [3.8, 4) is 11.8 Å². The second kappa shape index (κ2) is 6.28. The van der Waals surface area contributed by atoms with Gasteiger partial charge in [-0.15, -0.1) is 0 Å². The highest BCUT2D eigenvalue weighted by atomic mass is 79.9. The van der Waals surface area contributed by atoms with Gasteiger partial charge in [0.1, 0.15) is 6.07 Å². The number of esters is 1. The number of nitrogen functional groups attached to an aromatic ring is 1. The van der Waals surface area contributed by atoms with Crippen LogP contribution >= 0.6 is 27.5 Å². The van der Waals surface area contributed by atoms with Crippen LogP contribution in [-0.2, 0) is 4.74 Å². The fraction of sp³-hybridized carbons (Fsp3) is 0.0769. The van der Waals surface area contributed by atoms with Crippen molar-refractivity contribution in [2.45, 2.75) is 0 Å². The number of benzene rings is 1. The quantitative estimate of drug-likeness (QED) is 0.480. The van der Waals surface area contributed by atoms with Crippen LogP contribution in [0.15, 0.2) is 22.8 Å². The number of anilines is 1. The Bertz CT molecular complexity index is 872. The minimum absolute atomic E-state index is 0.0204. The number of hydrogen-bond acceptors (Lipinski definition) is 6. The highest BCUT2D eigenvalue weighted by Crippen LogP contribution is 2.35. The normalized spacial score (nSPS) is 10.2. The average Bonchev–Trinajstić information content (AvgIpc) is 2.82. The number of methoxy groups -OCH3 is 1. The van der Waals surface area contributed by atoms with Gasteiger partial charge in [-0.3, -0.25) is 10.1 Å². The predicted molar refractivity (Wildman–Crippen MR) is 85.6 cm³/mol. The Balaban J connectivity index is 2.82. The minimum Gasteiger partial charge on any atom is -0.464 e. The number of hydrogen-bond donors (Lipinski definition) is 1. The van der Waals surface area contributed by atoms with Gasteiger partial charge in [-0.05, 0) is 22.0 Å². The molecule has 2 N–H and O–H groups in total. The van der Waals surface area contributed by atoms with Crippen molar-refractivity contribution >= 4 is 44.9 Å². The summed E-state index contributed by atoms with van der Waals surface area (Å²) in [7, 11) is 1.15. The highest BCUT2D eigenvalue weighted by Gasteiger charge is 2.25. The van der Waals surface area contributed by atoms with Crippen LogP contribution in [0, 0.1) is 21.4 Å². The molecule has 0 amide bonds. The second-order valence-electron chi connectivity index (χ2n) is 4.29. The first-order valence-electron chi connectivity index (χ1n) is 5.94. The van der Waals surface area contributed by atoms with E-state index in [4.69, 9.17) is 22.6 Å². The van der Waals surface area contributed by atoms with Crippen LogP contribution in [0.1, 0.15) is 16.1 Å². The Morgan fingerprint density at radius 3 is 2.74 bits per heavy atom. The number of halogens is 2. The average molecular weight is 400 g/mol. The van der Waals surface area contributed by atoms with E-state index in [1.54, 1.807) is 0 Å². The summed E-state index contributed by atoms with van der Waals surface area (Å²) in [5, 5.41) is 20.3. The molecule has 2 rings (SSSR count). The Labute approximate surface area is 143 Å². The maximum absolute atomic E-state index is 11.9. The van der Waals surface area contributed by atoms with Gasteiger partial charge in [0.05, 0.1) is 38.5 Å². The number of nitrogens with zero attached hydrogens (tertiary/aromatic N) is 3. The summed E-state index contributed by atoms with van der Waals surface area (Å²) in [4.78, 5) is 22.4. The second-order valence-corrected chi connectivity index (χ2v) is 5.55. The smallest absolute Gasteiger partial charge is 0.357 e. The van der Waals surface area contributed by atoms with Crippen LogP contribution in [0.25, 0.3) is 5.69 Å². The van der Waals surface area contributed by atoms with E-state index in [1.165, 1.54) is 22.9 Å². The molecular weight excluding hydrogens is 392 g/mol.